The largest absolute Gasteiger partial charge is 0.497 e. The minimum Gasteiger partial charge on any atom is -0.497 e. The van der Waals surface area contributed by atoms with Gasteiger partial charge in [-0.15, -0.1) is 0 Å². The second-order valence-electron chi connectivity index (χ2n) is 8.54. The van der Waals surface area contributed by atoms with E-state index in [1.165, 1.54) is 61.6 Å². The monoisotopic (exact) mass is 402 g/mol. The molecule has 0 spiro atoms. The first kappa shape index (κ1) is 19.3. The van der Waals surface area contributed by atoms with Gasteiger partial charge in [-0.2, -0.15) is 0 Å². The number of allylic oxidation sites excluding steroid dienone is 2. The summed E-state index contributed by atoms with van der Waals surface area (Å²) in [4.78, 5) is 12.1. The molecule has 1 aliphatic carbocycles. The van der Waals surface area contributed by atoms with Crippen LogP contribution in [0.3, 0.4) is 0 Å². The van der Waals surface area contributed by atoms with Gasteiger partial charge in [-0.25, -0.2) is 0 Å². The van der Waals surface area contributed by atoms with Crippen LogP contribution in [0.1, 0.15) is 12.0 Å². The third-order valence-electron chi connectivity index (χ3n) is 6.48. The second kappa shape index (κ2) is 8.25. The lowest BCUT2D eigenvalue weighted by molar-refractivity contribution is 0.150. The molecule has 1 aromatic carbocycles. The first-order chi connectivity index (χ1) is 14.7. The Hall–Kier alpha value is -2.63. The number of hydrogen-bond acceptors (Lipinski definition) is 5. The Morgan fingerprint density at radius 1 is 0.967 bits per heavy atom. The van der Waals surface area contributed by atoms with Crippen LogP contribution in [0.25, 0.3) is 16.7 Å². The molecule has 0 N–H and O–H groups in total. The number of rotatable bonds is 7. The van der Waals surface area contributed by atoms with Gasteiger partial charge in [0.25, 0.3) is 0 Å². The molecule has 0 saturated carbocycles. The Kier molecular flexibility index (Phi) is 5.32. The molecule has 2 aromatic rings. The fourth-order valence-corrected chi connectivity index (χ4v) is 4.53. The van der Waals surface area contributed by atoms with Gasteiger partial charge in [-0.3, -0.25) is 4.98 Å². The van der Waals surface area contributed by atoms with Crippen molar-refractivity contribution >= 4 is 5.57 Å². The van der Waals surface area contributed by atoms with Crippen LogP contribution in [0.4, 0.5) is 0 Å². The first-order valence-electron chi connectivity index (χ1n) is 10.9. The van der Waals surface area contributed by atoms with Gasteiger partial charge >= 0.3 is 0 Å². The van der Waals surface area contributed by atoms with Crippen LogP contribution in [0, 0.1) is 0 Å². The maximum absolute atomic E-state index is 5.38. The number of pyridine rings is 1. The van der Waals surface area contributed by atoms with Gasteiger partial charge in [0.1, 0.15) is 5.75 Å². The van der Waals surface area contributed by atoms with Crippen LogP contribution in [0.15, 0.2) is 60.1 Å². The van der Waals surface area contributed by atoms with E-state index in [1.807, 2.05) is 24.5 Å². The van der Waals surface area contributed by atoms with E-state index >= 15 is 0 Å². The number of aromatic nitrogens is 1. The highest BCUT2D eigenvalue weighted by Gasteiger charge is 2.34. The molecule has 156 valence electrons. The van der Waals surface area contributed by atoms with Gasteiger partial charge in [0.15, 0.2) is 0 Å². The zero-order valence-electron chi connectivity index (χ0n) is 18.0. The third kappa shape index (κ3) is 4.00. The van der Waals surface area contributed by atoms with E-state index in [2.05, 4.69) is 51.0 Å². The zero-order chi connectivity index (χ0) is 20.5. The minimum absolute atomic E-state index is 0.874. The standard InChI is InChI=1S/C25H30N4O/c1-27-9-11-28(12-10-27)7-4-8-29-18-24(23-15-25(23)29)21-13-20(16-26-17-21)19-5-3-6-22(14-19)30-2/h3,5-6,13-17H,4,7-12,18H2,1-2H3. The predicted molar refractivity (Wildman–Crippen MR) is 121 cm³/mol. The molecule has 5 rings (SSSR count). The van der Waals surface area contributed by atoms with Crippen molar-refractivity contribution in [1.82, 2.24) is 19.7 Å². The van der Waals surface area contributed by atoms with Crippen LogP contribution >= 0.6 is 0 Å². The average molecular weight is 403 g/mol. The Bertz CT molecular complexity index is 988. The lowest BCUT2D eigenvalue weighted by atomic mass is 10.0. The minimum atomic E-state index is 0.874. The van der Waals surface area contributed by atoms with E-state index < -0.39 is 0 Å². The fraction of sp³-hybridized carbons (Fsp3) is 0.400. The SMILES string of the molecule is COc1cccc(-c2cncc(C3=C4C=C4N(CCCN4CCN(C)CC4)C3)c2)c1. The summed E-state index contributed by atoms with van der Waals surface area (Å²) in [5.74, 6) is 0.874. The summed E-state index contributed by atoms with van der Waals surface area (Å²) < 4.78 is 5.38. The second-order valence-corrected chi connectivity index (χ2v) is 8.54. The lowest BCUT2D eigenvalue weighted by Gasteiger charge is -2.32. The van der Waals surface area contributed by atoms with E-state index in [-0.39, 0.29) is 0 Å². The van der Waals surface area contributed by atoms with E-state index in [4.69, 9.17) is 4.74 Å². The van der Waals surface area contributed by atoms with Crippen LogP contribution in [0.2, 0.25) is 0 Å². The summed E-state index contributed by atoms with van der Waals surface area (Å²) >= 11 is 0. The number of piperazine rings is 1. The Morgan fingerprint density at radius 2 is 1.80 bits per heavy atom. The summed E-state index contributed by atoms with van der Waals surface area (Å²) in [6, 6.07) is 10.4. The molecular weight excluding hydrogens is 372 g/mol. The Balaban J connectivity index is 1.21. The molecule has 0 bridgehead atoms. The molecule has 2 aliphatic heterocycles. The van der Waals surface area contributed by atoms with Crippen LogP contribution in [-0.2, 0) is 0 Å². The number of benzene rings is 1. The molecule has 0 amide bonds. The number of likely N-dealkylation sites (N-methyl/N-ethyl adjacent to an activating group) is 1. The maximum Gasteiger partial charge on any atom is 0.119 e. The van der Waals surface area contributed by atoms with Gasteiger partial charge < -0.3 is 19.4 Å². The number of ether oxygens (including phenoxy) is 1. The highest BCUT2D eigenvalue weighted by atomic mass is 16.5. The zero-order valence-corrected chi connectivity index (χ0v) is 18.0. The first-order valence-corrected chi connectivity index (χ1v) is 10.9. The molecule has 3 heterocycles. The van der Waals surface area contributed by atoms with Gasteiger partial charge in [0.2, 0.25) is 0 Å². The number of nitrogens with zero attached hydrogens (tertiary/aromatic N) is 4. The lowest BCUT2D eigenvalue weighted by Crippen LogP contribution is -2.45. The molecular formula is C25H30N4O. The van der Waals surface area contributed by atoms with Crippen LogP contribution in [0.5, 0.6) is 5.75 Å². The van der Waals surface area contributed by atoms with E-state index in [0.29, 0.717) is 0 Å². The molecule has 0 atom stereocenters. The average Bonchev–Trinajstić information content (AvgIpc) is 3.50. The molecule has 1 aromatic heterocycles. The van der Waals surface area contributed by atoms with Crippen LogP contribution in [-0.4, -0.2) is 79.7 Å². The highest BCUT2D eigenvalue weighted by Crippen LogP contribution is 2.45. The fourth-order valence-electron chi connectivity index (χ4n) is 4.53. The van der Waals surface area contributed by atoms with Crippen LogP contribution < -0.4 is 4.74 Å². The molecule has 0 unspecified atom stereocenters. The van der Waals surface area contributed by atoms with E-state index in [1.54, 1.807) is 7.11 Å². The molecule has 3 aliphatic rings. The predicted octanol–water partition coefficient (Wildman–Crippen LogP) is 3.36. The van der Waals surface area contributed by atoms with Crippen molar-refractivity contribution in [2.24, 2.45) is 0 Å². The molecule has 30 heavy (non-hydrogen) atoms. The van der Waals surface area contributed by atoms with Gasteiger partial charge in [-0.1, -0.05) is 12.1 Å². The van der Waals surface area contributed by atoms with E-state index in [9.17, 15) is 0 Å². The Morgan fingerprint density at radius 3 is 2.63 bits per heavy atom. The normalized spacial score (nSPS) is 19.1. The van der Waals surface area contributed by atoms with Crippen molar-refractivity contribution in [2.75, 3.05) is 60.0 Å². The van der Waals surface area contributed by atoms with Crippen molar-refractivity contribution in [1.29, 1.82) is 0 Å². The molecule has 1 saturated heterocycles. The number of hydrogen-bond donors (Lipinski definition) is 0. The van der Waals surface area contributed by atoms with E-state index in [0.717, 1.165) is 30.0 Å². The van der Waals surface area contributed by atoms with Crippen molar-refractivity contribution in [2.45, 2.75) is 6.42 Å². The number of methoxy groups -OCH3 is 1. The molecule has 5 nitrogen and oxygen atoms in total. The molecule has 0 radical (unpaired) electrons. The highest BCUT2D eigenvalue weighted by molar-refractivity contribution is 5.87. The molecule has 5 heteroatoms. The smallest absolute Gasteiger partial charge is 0.119 e. The summed E-state index contributed by atoms with van der Waals surface area (Å²) in [6.07, 6.45) is 7.49. The van der Waals surface area contributed by atoms with Gasteiger partial charge in [-0.05, 0) is 61.0 Å². The van der Waals surface area contributed by atoms with Gasteiger partial charge in [0, 0.05) is 68.5 Å². The third-order valence-corrected chi connectivity index (χ3v) is 6.48. The van der Waals surface area contributed by atoms with Gasteiger partial charge in [0.05, 0.1) is 7.11 Å². The summed E-state index contributed by atoms with van der Waals surface area (Å²) in [5, 5.41) is 0. The van der Waals surface area contributed by atoms with Crippen molar-refractivity contribution in [3.63, 3.8) is 0 Å². The Labute approximate surface area is 179 Å². The topological polar surface area (TPSA) is 31.8 Å². The summed E-state index contributed by atoms with van der Waals surface area (Å²) in [5.41, 5.74) is 7.80. The van der Waals surface area contributed by atoms with Crippen molar-refractivity contribution in [3.8, 4) is 16.9 Å². The number of fused-ring (bicyclic) bond motifs is 1. The van der Waals surface area contributed by atoms with Crippen molar-refractivity contribution < 1.29 is 4.74 Å². The maximum atomic E-state index is 5.38. The summed E-state index contributed by atoms with van der Waals surface area (Å²) in [7, 11) is 3.92. The van der Waals surface area contributed by atoms with Crippen molar-refractivity contribution in [3.05, 3.63) is 65.6 Å². The quantitative estimate of drug-likeness (QED) is 0.709. The molecule has 1 fully saturated rings. The summed E-state index contributed by atoms with van der Waals surface area (Å²) in [6.45, 7) is 8.15.